The molecule has 1 heterocycles. The molecule has 2 rings (SSSR count). The van der Waals surface area contributed by atoms with E-state index < -0.39 is 0 Å². The summed E-state index contributed by atoms with van der Waals surface area (Å²) in [6.07, 6.45) is 3.75. The van der Waals surface area contributed by atoms with Crippen molar-refractivity contribution in [2.45, 2.75) is 46.1 Å². The van der Waals surface area contributed by atoms with Gasteiger partial charge in [-0.1, -0.05) is 44.2 Å². The lowest BCUT2D eigenvalue weighted by Crippen LogP contribution is -2.39. The third kappa shape index (κ3) is 5.89. The summed E-state index contributed by atoms with van der Waals surface area (Å²) in [5.41, 5.74) is 1.35. The van der Waals surface area contributed by atoms with E-state index in [1.807, 2.05) is 0 Å². The van der Waals surface area contributed by atoms with Gasteiger partial charge in [-0.3, -0.25) is 4.99 Å². The largest absolute Gasteiger partial charge is 0.357 e. The van der Waals surface area contributed by atoms with Crippen LogP contribution >= 0.6 is 0 Å². The minimum Gasteiger partial charge on any atom is -0.357 e. The Labute approximate surface area is 150 Å². The molecule has 6 nitrogen and oxygen atoms in total. The van der Waals surface area contributed by atoms with Crippen molar-refractivity contribution in [1.29, 1.82) is 0 Å². The maximum absolute atomic E-state index is 4.78. The monoisotopic (exact) mass is 342 g/mol. The fraction of sp³-hybridized carbons (Fsp3) is 0.526. The summed E-state index contributed by atoms with van der Waals surface area (Å²) in [6.45, 7) is 9.64. The number of aromatic nitrogens is 3. The van der Waals surface area contributed by atoms with E-state index in [-0.39, 0.29) is 0 Å². The number of hydrogen-bond acceptors (Lipinski definition) is 3. The Kier molecular flexibility index (Phi) is 7.95. The van der Waals surface area contributed by atoms with Crippen molar-refractivity contribution >= 4 is 5.96 Å². The van der Waals surface area contributed by atoms with Gasteiger partial charge in [-0.05, 0) is 18.9 Å². The van der Waals surface area contributed by atoms with Crippen LogP contribution in [-0.4, -0.2) is 40.4 Å². The van der Waals surface area contributed by atoms with E-state index >= 15 is 0 Å². The van der Waals surface area contributed by atoms with Crippen molar-refractivity contribution < 1.29 is 0 Å². The van der Waals surface area contributed by atoms with Crippen LogP contribution < -0.4 is 10.6 Å². The molecule has 1 atom stereocenters. The number of aryl methyl sites for hydroxylation is 1. The number of nitrogens with one attached hydrogen (secondary N) is 2. The van der Waals surface area contributed by atoms with Crippen LogP contribution in [-0.2, 0) is 13.0 Å². The van der Waals surface area contributed by atoms with Gasteiger partial charge in [0.05, 0.1) is 0 Å². The van der Waals surface area contributed by atoms with E-state index in [0.29, 0.717) is 5.92 Å². The van der Waals surface area contributed by atoms with Crippen LogP contribution in [0, 0.1) is 0 Å². The van der Waals surface area contributed by atoms with Gasteiger partial charge in [0.2, 0.25) is 0 Å². The van der Waals surface area contributed by atoms with Crippen LogP contribution in [0.1, 0.15) is 44.5 Å². The van der Waals surface area contributed by atoms with Crippen LogP contribution in [0.15, 0.2) is 41.7 Å². The molecule has 25 heavy (non-hydrogen) atoms. The van der Waals surface area contributed by atoms with Gasteiger partial charge in [0.15, 0.2) is 5.96 Å². The smallest absolute Gasteiger partial charge is 0.191 e. The molecule has 0 aliphatic heterocycles. The molecular formula is C19H30N6. The second-order valence-electron chi connectivity index (χ2n) is 5.96. The van der Waals surface area contributed by atoms with Crippen LogP contribution in [0.2, 0.25) is 0 Å². The lowest BCUT2D eigenvalue weighted by molar-refractivity contribution is 0.627. The minimum absolute atomic E-state index is 0.446. The molecule has 0 radical (unpaired) electrons. The predicted octanol–water partition coefficient (Wildman–Crippen LogP) is 2.59. The van der Waals surface area contributed by atoms with Crippen molar-refractivity contribution in [2.24, 2.45) is 4.99 Å². The summed E-state index contributed by atoms with van der Waals surface area (Å²) in [4.78, 5) is 4.78. The molecule has 0 fully saturated rings. The summed E-state index contributed by atoms with van der Waals surface area (Å²) in [6, 6.07) is 10.6. The van der Waals surface area contributed by atoms with Crippen LogP contribution in [0.25, 0.3) is 0 Å². The first-order valence-electron chi connectivity index (χ1n) is 9.22. The van der Waals surface area contributed by atoms with Crippen molar-refractivity contribution in [3.05, 3.63) is 48.0 Å². The molecule has 1 aromatic heterocycles. The van der Waals surface area contributed by atoms with Gasteiger partial charge in [-0.25, -0.2) is 0 Å². The quantitative estimate of drug-likeness (QED) is 0.543. The highest BCUT2D eigenvalue weighted by Crippen LogP contribution is 2.19. The van der Waals surface area contributed by atoms with Crippen LogP contribution in [0.5, 0.6) is 0 Å². The predicted molar refractivity (Wildman–Crippen MR) is 103 cm³/mol. The second kappa shape index (κ2) is 10.5. The first-order chi connectivity index (χ1) is 12.3. The summed E-state index contributed by atoms with van der Waals surface area (Å²) >= 11 is 0. The number of aliphatic imine (C=N–C) groups is 1. The molecule has 0 aliphatic rings. The maximum atomic E-state index is 4.78. The van der Waals surface area contributed by atoms with Crippen LogP contribution in [0.3, 0.4) is 0 Å². The summed E-state index contributed by atoms with van der Waals surface area (Å²) in [7, 11) is 0. The number of hydrogen-bond donors (Lipinski definition) is 2. The van der Waals surface area contributed by atoms with E-state index in [0.717, 1.165) is 50.8 Å². The zero-order valence-corrected chi connectivity index (χ0v) is 15.6. The molecule has 1 unspecified atom stereocenters. The molecule has 1 aromatic carbocycles. The summed E-state index contributed by atoms with van der Waals surface area (Å²) < 4.78 is 2.08. The Morgan fingerprint density at radius 2 is 1.96 bits per heavy atom. The molecule has 2 N–H and O–H groups in total. The summed E-state index contributed by atoms with van der Waals surface area (Å²) in [5.74, 6) is 2.32. The van der Waals surface area contributed by atoms with Gasteiger partial charge < -0.3 is 15.2 Å². The maximum Gasteiger partial charge on any atom is 0.191 e. The Hall–Kier alpha value is -2.37. The lowest BCUT2D eigenvalue weighted by atomic mass is 9.97. The highest BCUT2D eigenvalue weighted by molar-refractivity contribution is 5.79. The van der Waals surface area contributed by atoms with Crippen LogP contribution in [0.4, 0.5) is 0 Å². The Morgan fingerprint density at radius 1 is 1.16 bits per heavy atom. The van der Waals surface area contributed by atoms with Crippen molar-refractivity contribution in [3.63, 3.8) is 0 Å². The zero-order chi connectivity index (χ0) is 17.9. The van der Waals surface area contributed by atoms with Gasteiger partial charge in [-0.2, -0.15) is 0 Å². The molecule has 136 valence electrons. The molecule has 0 saturated carbocycles. The number of benzene rings is 1. The fourth-order valence-corrected chi connectivity index (χ4v) is 2.77. The van der Waals surface area contributed by atoms with Crippen molar-refractivity contribution in [2.75, 3.05) is 19.6 Å². The highest BCUT2D eigenvalue weighted by atomic mass is 15.3. The molecule has 0 amide bonds. The molecule has 0 spiro atoms. The number of nitrogens with zero attached hydrogens (tertiary/aromatic N) is 4. The first-order valence-corrected chi connectivity index (χ1v) is 9.22. The molecule has 2 aromatic rings. The number of guanidine groups is 1. The fourth-order valence-electron chi connectivity index (χ4n) is 2.77. The van der Waals surface area contributed by atoms with Gasteiger partial charge in [-0.15, -0.1) is 10.2 Å². The molecule has 6 heteroatoms. The average Bonchev–Trinajstić information content (AvgIpc) is 3.10. The standard InChI is InChI=1S/C19H30N6/c1-4-16(17-10-8-7-9-11-17)14-22-19(20-6-3)21-12-13-25-15-23-24-18(25)5-2/h7-11,15-16H,4-6,12-14H2,1-3H3,(H2,20,21,22). The zero-order valence-electron chi connectivity index (χ0n) is 15.6. The average molecular weight is 342 g/mol. The topological polar surface area (TPSA) is 67.1 Å². The van der Waals surface area contributed by atoms with Crippen molar-refractivity contribution in [3.8, 4) is 0 Å². The van der Waals surface area contributed by atoms with E-state index in [1.165, 1.54) is 5.56 Å². The molecule has 0 aliphatic carbocycles. The van der Waals surface area contributed by atoms with Crippen molar-refractivity contribution in [1.82, 2.24) is 25.4 Å². The molecular weight excluding hydrogens is 312 g/mol. The third-order valence-electron chi connectivity index (χ3n) is 4.23. The van der Waals surface area contributed by atoms with Gasteiger partial charge in [0.1, 0.15) is 12.2 Å². The normalized spacial score (nSPS) is 12.8. The Balaban J connectivity index is 1.91. The van der Waals surface area contributed by atoms with Gasteiger partial charge >= 0.3 is 0 Å². The molecule has 0 bridgehead atoms. The third-order valence-corrected chi connectivity index (χ3v) is 4.23. The van der Waals surface area contributed by atoms with E-state index in [9.17, 15) is 0 Å². The SMILES string of the molecule is CCNC(=NCC(CC)c1ccccc1)NCCn1cnnc1CC. The van der Waals surface area contributed by atoms with Gasteiger partial charge in [0, 0.05) is 38.5 Å². The minimum atomic E-state index is 0.446. The van der Waals surface area contributed by atoms with Gasteiger partial charge in [0.25, 0.3) is 0 Å². The van der Waals surface area contributed by atoms with E-state index in [1.54, 1.807) is 6.33 Å². The number of rotatable bonds is 9. The van der Waals surface area contributed by atoms with E-state index in [4.69, 9.17) is 4.99 Å². The van der Waals surface area contributed by atoms with E-state index in [2.05, 4.69) is 76.5 Å². The Morgan fingerprint density at radius 3 is 2.64 bits per heavy atom. The lowest BCUT2D eigenvalue weighted by Gasteiger charge is -2.16. The Bertz CT molecular complexity index is 634. The first kappa shape index (κ1) is 19.0. The second-order valence-corrected chi connectivity index (χ2v) is 5.96. The molecule has 0 saturated heterocycles. The highest BCUT2D eigenvalue weighted by Gasteiger charge is 2.09. The summed E-state index contributed by atoms with van der Waals surface area (Å²) in [5, 5.41) is 14.8.